The van der Waals surface area contributed by atoms with Crippen LogP contribution in [0.5, 0.6) is 0 Å². The minimum atomic E-state index is -0.135. The average Bonchev–Trinajstić information content (AvgIpc) is 1.62. The molecule has 606 valence electrons. The number of nitrogens with zero attached hydrogens (tertiary/aromatic N) is 10. The first kappa shape index (κ1) is 83.8. The quantitative estimate of drug-likeness (QED) is 0.0415. The van der Waals surface area contributed by atoms with Crippen molar-refractivity contribution in [1.29, 1.82) is 0 Å². The molecule has 15 rings (SSSR count). The van der Waals surface area contributed by atoms with Gasteiger partial charge in [-0.3, -0.25) is 19.3 Å². The summed E-state index contributed by atoms with van der Waals surface area (Å²) in [5.74, 6) is 2.73. The molecule has 1 aliphatic heterocycles. The van der Waals surface area contributed by atoms with Gasteiger partial charge in [0.05, 0.1) is 32.8 Å². The van der Waals surface area contributed by atoms with Crippen LogP contribution >= 0.6 is 0 Å². The lowest BCUT2D eigenvalue weighted by molar-refractivity contribution is -0.125. The molecule has 0 radical (unpaired) electrons. The summed E-state index contributed by atoms with van der Waals surface area (Å²) >= 11 is 0. The summed E-state index contributed by atoms with van der Waals surface area (Å²) in [6.07, 6.45) is 2.54. The Labute approximate surface area is 692 Å². The number of benzene rings is 8. The van der Waals surface area contributed by atoms with Crippen LogP contribution in [0.25, 0.3) is 89.1 Å². The van der Waals surface area contributed by atoms with E-state index in [1.54, 1.807) is 0 Å². The van der Waals surface area contributed by atoms with E-state index in [2.05, 4.69) is 246 Å². The van der Waals surface area contributed by atoms with Crippen molar-refractivity contribution in [3.05, 3.63) is 296 Å². The number of methoxy groups -OCH3 is 3. The van der Waals surface area contributed by atoms with Crippen LogP contribution < -0.4 is 16.0 Å². The van der Waals surface area contributed by atoms with Gasteiger partial charge in [0.25, 0.3) is 0 Å². The van der Waals surface area contributed by atoms with Gasteiger partial charge in [0, 0.05) is 96.9 Å². The van der Waals surface area contributed by atoms with Crippen molar-refractivity contribution < 1.29 is 33.3 Å². The van der Waals surface area contributed by atoms with Crippen LogP contribution in [-0.2, 0) is 98.4 Å². The molecule has 14 aromatic rings. The molecule has 1 aliphatic rings. The molecule has 6 aromatic heterocycles. The maximum absolute atomic E-state index is 12.1. The lowest BCUT2D eigenvalue weighted by atomic mass is 9.94. The number of carbonyl (C=O) groups is 3. The number of aromatic nitrogens is 9. The van der Waals surface area contributed by atoms with Crippen LogP contribution in [-0.4, -0.2) is 134 Å². The van der Waals surface area contributed by atoms with Crippen molar-refractivity contribution in [3.63, 3.8) is 0 Å². The number of morpholine rings is 1. The van der Waals surface area contributed by atoms with E-state index in [4.69, 9.17) is 48.9 Å². The lowest BCUT2D eigenvalue weighted by Gasteiger charge is -2.27. The molecule has 20 nitrogen and oxygen atoms in total. The fraction of sp³-hybridized carbons (Fsp3) is 0.296. The van der Waals surface area contributed by atoms with Crippen molar-refractivity contribution in [2.45, 2.75) is 127 Å². The average molecular weight is 1580 g/mol. The zero-order chi connectivity index (χ0) is 82.8. The zero-order valence-corrected chi connectivity index (χ0v) is 70.0. The monoisotopic (exact) mass is 1580 g/mol. The number of rotatable bonds is 28. The van der Waals surface area contributed by atoms with Crippen LogP contribution in [0, 0.1) is 41.5 Å². The summed E-state index contributed by atoms with van der Waals surface area (Å²) in [6, 6.07) is 72.4. The van der Waals surface area contributed by atoms with Gasteiger partial charge >= 0.3 is 0 Å². The van der Waals surface area contributed by atoms with E-state index in [0.29, 0.717) is 39.3 Å². The summed E-state index contributed by atoms with van der Waals surface area (Å²) in [5.41, 5.74) is 31.5. The Morgan fingerprint density at radius 2 is 0.653 bits per heavy atom. The third kappa shape index (κ3) is 20.6. The number of ether oxygens (including phenoxy) is 4. The molecule has 0 bridgehead atoms. The van der Waals surface area contributed by atoms with E-state index in [-0.39, 0.29) is 37.5 Å². The Morgan fingerprint density at radius 1 is 0.347 bits per heavy atom. The van der Waals surface area contributed by atoms with Gasteiger partial charge in [0.2, 0.25) is 17.7 Å². The normalized spacial score (nSPS) is 12.2. The number of amides is 3. The smallest absolute Gasteiger partial charge is 0.246 e. The van der Waals surface area contributed by atoms with Gasteiger partial charge in [-0.15, -0.1) is 0 Å². The Bertz CT molecular complexity index is 5570. The summed E-state index contributed by atoms with van der Waals surface area (Å²) in [7, 11) is 4.58. The predicted octanol–water partition coefficient (Wildman–Crippen LogP) is 16.9. The highest BCUT2D eigenvalue weighted by Gasteiger charge is 2.21. The van der Waals surface area contributed by atoms with Crippen LogP contribution in [0.4, 0.5) is 0 Å². The second kappa shape index (κ2) is 39.6. The first-order valence-corrected chi connectivity index (χ1v) is 40.7. The van der Waals surface area contributed by atoms with Crippen molar-refractivity contribution in [1.82, 2.24) is 64.5 Å². The highest BCUT2D eigenvalue weighted by molar-refractivity contribution is 5.83. The molecule has 0 aliphatic carbocycles. The summed E-state index contributed by atoms with van der Waals surface area (Å²) in [5, 5.41) is 8.92. The van der Waals surface area contributed by atoms with Crippen LogP contribution in [0.1, 0.15) is 111 Å². The topological polar surface area (TPSA) is 220 Å². The van der Waals surface area contributed by atoms with Crippen molar-refractivity contribution in [2.75, 3.05) is 67.5 Å². The number of imidazole rings is 3. The first-order chi connectivity index (χ1) is 57.4. The number of fused-ring (bicyclic) bond motifs is 3. The predicted molar refractivity (Wildman–Crippen MR) is 470 cm³/mol. The van der Waals surface area contributed by atoms with Crippen LogP contribution in [0.15, 0.2) is 206 Å². The van der Waals surface area contributed by atoms with Gasteiger partial charge in [-0.2, -0.15) is 0 Å². The molecule has 3 amide bonds. The first-order valence-electron chi connectivity index (χ1n) is 40.7. The molecule has 0 spiro atoms. The molecule has 8 aromatic carbocycles. The number of hydrogen-bond donors (Lipinski definition) is 3. The van der Waals surface area contributed by atoms with Gasteiger partial charge in [0.1, 0.15) is 53.8 Å². The van der Waals surface area contributed by atoms with E-state index in [9.17, 15) is 14.4 Å². The van der Waals surface area contributed by atoms with Crippen molar-refractivity contribution >= 4 is 51.2 Å². The highest BCUT2D eigenvalue weighted by atomic mass is 16.5. The minimum Gasteiger partial charge on any atom is -0.379 e. The van der Waals surface area contributed by atoms with Gasteiger partial charge < -0.3 is 48.6 Å². The van der Waals surface area contributed by atoms with Gasteiger partial charge in [0.15, 0.2) is 16.9 Å². The number of carbonyl (C=O) groups excluding carboxylic acids is 3. The molecule has 0 saturated carbocycles. The standard InChI is InChI=1S/2C33H34N4O2.C32H39N5O3/c2*1-5-30-36-32-22(2)17-23(3)35-33(32)37(30)20-24-11-13-26(14-12-24)29-18-27(25-9-7-6-8-10-25)15-16-28(29)19-34-31(38)21-39-4;1-5-29-35-31-22(2)16-23(3)34-32(31)37(29)20-24-6-9-26(10-7-24)28-17-25(19-36-12-14-40-15-13-36)8-11-27(28)18-33-30(38)21-39-4/h2*6-18H,5,19-21H2,1-4H3,(H,34,38);6-11,16-17H,5,12-15,18-21H2,1-4H3,(H,33,38). The summed E-state index contributed by atoms with van der Waals surface area (Å²) in [6.45, 7) is 26.7. The SMILES string of the molecule is CCc1nc2c(C)cc(C)nc2n1Cc1ccc(-c2cc(-c3ccccc3)ccc2CNC(=O)COC)cc1.CCc1nc2c(C)cc(C)nc2n1Cc1ccc(-c2cc(-c3ccccc3)ccc2CNC(=O)COC)cc1.CCc1nc2c(C)cc(C)nc2n1Cc1ccc(-c2cc(CN3CCOCC3)ccc2CNC(=O)COC)cc1. The number of nitrogens with one attached hydrogen (secondary N) is 3. The molecule has 1 fully saturated rings. The number of hydrogen-bond acceptors (Lipinski definition) is 14. The van der Waals surface area contributed by atoms with Crippen LogP contribution in [0.3, 0.4) is 0 Å². The van der Waals surface area contributed by atoms with E-state index < -0.39 is 0 Å². The minimum absolute atomic E-state index is 0.0444. The highest BCUT2D eigenvalue weighted by Crippen LogP contribution is 2.35. The Balaban J connectivity index is 0.000000153. The van der Waals surface area contributed by atoms with Gasteiger partial charge in [-0.05, 0) is 189 Å². The van der Waals surface area contributed by atoms with Gasteiger partial charge in [-0.1, -0.05) is 191 Å². The maximum Gasteiger partial charge on any atom is 0.246 e. The molecule has 1 saturated heterocycles. The third-order valence-electron chi connectivity index (χ3n) is 21.4. The number of aryl methyl sites for hydroxylation is 9. The number of pyridine rings is 3. The maximum atomic E-state index is 12.1. The Morgan fingerprint density at radius 3 is 0.975 bits per heavy atom. The summed E-state index contributed by atoms with van der Waals surface area (Å²) < 4.78 is 27.2. The molecule has 0 atom stereocenters. The molecule has 118 heavy (non-hydrogen) atoms. The van der Waals surface area contributed by atoms with Crippen LogP contribution in [0.2, 0.25) is 0 Å². The third-order valence-corrected chi connectivity index (χ3v) is 21.4. The fourth-order valence-corrected chi connectivity index (χ4v) is 15.5. The van der Waals surface area contributed by atoms with Gasteiger partial charge in [-0.25, -0.2) is 29.9 Å². The van der Waals surface area contributed by atoms with E-state index in [1.807, 2.05) is 57.2 Å². The zero-order valence-electron chi connectivity index (χ0n) is 70.0. The molecule has 0 unspecified atom stereocenters. The summed E-state index contributed by atoms with van der Waals surface area (Å²) in [4.78, 5) is 67.8. The van der Waals surface area contributed by atoms with Crippen molar-refractivity contribution in [3.8, 4) is 55.6 Å². The molecular weight excluding hydrogens is 1470 g/mol. The molecule has 3 N–H and O–H groups in total. The van der Waals surface area contributed by atoms with E-state index in [0.717, 1.165) is 209 Å². The fourth-order valence-electron chi connectivity index (χ4n) is 15.5. The second-order valence-electron chi connectivity index (χ2n) is 30.2. The van der Waals surface area contributed by atoms with E-state index >= 15 is 0 Å². The van der Waals surface area contributed by atoms with E-state index in [1.165, 1.54) is 43.6 Å². The second-order valence-corrected chi connectivity index (χ2v) is 30.2. The molecular formula is C98H107N13O7. The Kier molecular flexibility index (Phi) is 28.1. The lowest BCUT2D eigenvalue weighted by Crippen LogP contribution is -2.35. The molecule has 7 heterocycles. The van der Waals surface area contributed by atoms with Crippen molar-refractivity contribution in [2.24, 2.45) is 0 Å². The Hall–Kier alpha value is -12.2. The largest absolute Gasteiger partial charge is 0.379 e. The molecule has 20 heteroatoms.